The summed E-state index contributed by atoms with van der Waals surface area (Å²) in [5.41, 5.74) is 6.32. The third-order valence-electron chi connectivity index (χ3n) is 4.48. The van der Waals surface area contributed by atoms with Crippen LogP contribution in [0.2, 0.25) is 0 Å². The summed E-state index contributed by atoms with van der Waals surface area (Å²) in [6, 6.07) is 8.77. The topological polar surface area (TPSA) is 122 Å². The van der Waals surface area contributed by atoms with Crippen molar-refractivity contribution in [3.8, 4) is 11.8 Å². The lowest BCUT2D eigenvalue weighted by atomic mass is 10.1. The molecule has 0 saturated carbocycles. The first-order valence-corrected chi connectivity index (χ1v) is 9.47. The quantitative estimate of drug-likeness (QED) is 0.531. The van der Waals surface area contributed by atoms with Gasteiger partial charge in [-0.1, -0.05) is 11.8 Å². The number of benzene rings is 1. The molecule has 0 spiro atoms. The van der Waals surface area contributed by atoms with E-state index in [0.29, 0.717) is 17.1 Å². The molecule has 0 saturated heterocycles. The number of hydrogen-bond donors (Lipinski definition) is 3. The number of rotatable bonds is 5. The Hall–Kier alpha value is -3.81. The second kappa shape index (κ2) is 8.51. The van der Waals surface area contributed by atoms with Crippen LogP contribution in [0.25, 0.3) is 0 Å². The van der Waals surface area contributed by atoms with Gasteiger partial charge in [-0.25, -0.2) is 19.3 Å². The van der Waals surface area contributed by atoms with Crippen LogP contribution < -0.4 is 16.0 Å². The normalized spacial score (nSPS) is 16.6. The van der Waals surface area contributed by atoms with Crippen LogP contribution in [0.1, 0.15) is 18.3 Å². The molecule has 2 aromatic heterocycles. The molecule has 0 fully saturated rings. The van der Waals surface area contributed by atoms with E-state index in [2.05, 4.69) is 37.1 Å². The lowest BCUT2D eigenvalue weighted by molar-refractivity contribution is 0.0692. The Morgan fingerprint density at radius 2 is 2.06 bits per heavy atom. The first kappa shape index (κ1) is 20.5. The first-order valence-electron chi connectivity index (χ1n) is 9.47. The molecule has 0 radical (unpaired) electrons. The number of ether oxygens (including phenoxy) is 1. The van der Waals surface area contributed by atoms with Gasteiger partial charge >= 0.3 is 0 Å². The summed E-state index contributed by atoms with van der Waals surface area (Å²) in [7, 11) is 0. The molecule has 3 aromatic rings. The lowest BCUT2D eigenvalue weighted by Crippen LogP contribution is -2.35. The number of nitrogens with one attached hydrogen (secondary N) is 1. The van der Waals surface area contributed by atoms with Crippen molar-refractivity contribution in [2.24, 2.45) is 0 Å². The highest BCUT2D eigenvalue weighted by atomic mass is 19.1. The Morgan fingerprint density at radius 1 is 1.26 bits per heavy atom. The molecule has 2 unspecified atom stereocenters. The highest BCUT2D eigenvalue weighted by Gasteiger charge is 2.32. The molecule has 158 valence electrons. The predicted octanol–water partition coefficient (Wildman–Crippen LogP) is 1.94. The van der Waals surface area contributed by atoms with Crippen LogP contribution in [0.15, 0.2) is 48.9 Å². The van der Waals surface area contributed by atoms with Crippen LogP contribution in [-0.2, 0) is 10.3 Å². The van der Waals surface area contributed by atoms with E-state index in [4.69, 9.17) is 10.5 Å². The van der Waals surface area contributed by atoms with Gasteiger partial charge < -0.3 is 20.9 Å². The van der Waals surface area contributed by atoms with Crippen molar-refractivity contribution in [1.82, 2.24) is 19.9 Å². The van der Waals surface area contributed by atoms with Gasteiger partial charge in [-0.15, -0.1) is 0 Å². The number of nitrogen functional groups attached to an aromatic ring is 1. The Kier molecular flexibility index (Phi) is 5.62. The molecule has 1 aliphatic heterocycles. The van der Waals surface area contributed by atoms with Gasteiger partial charge in [0.15, 0.2) is 11.4 Å². The van der Waals surface area contributed by atoms with Crippen LogP contribution in [0, 0.1) is 11.8 Å². The number of aromatic nitrogens is 4. The molecule has 0 bridgehead atoms. The van der Waals surface area contributed by atoms with Crippen molar-refractivity contribution < 1.29 is 14.2 Å². The number of nitrogens with two attached hydrogens (primary N) is 1. The standard InChI is InChI=1S/C21H20FN7O2/c1-21(30,18-24-9-2-10-25-18)7-5-14-3-4-15-16(13-14)29(20(27-15)31-12-8-22)17-6-11-26-19(23)28-17/h2-4,6,9-11,13,20,27,30H,8,12H2,1H3,(H2,23,26,28). The summed E-state index contributed by atoms with van der Waals surface area (Å²) >= 11 is 0. The van der Waals surface area contributed by atoms with E-state index in [-0.39, 0.29) is 18.4 Å². The van der Waals surface area contributed by atoms with Gasteiger partial charge in [-0.3, -0.25) is 4.90 Å². The maximum atomic E-state index is 12.7. The number of nitrogens with zero attached hydrogens (tertiary/aromatic N) is 5. The smallest absolute Gasteiger partial charge is 0.221 e. The predicted molar refractivity (Wildman–Crippen MR) is 113 cm³/mol. The zero-order chi connectivity index (χ0) is 21.8. The van der Waals surface area contributed by atoms with Crippen molar-refractivity contribution >= 4 is 23.1 Å². The minimum atomic E-state index is -1.52. The molecular formula is C21H20FN7O2. The summed E-state index contributed by atoms with van der Waals surface area (Å²) < 4.78 is 18.3. The van der Waals surface area contributed by atoms with E-state index in [1.54, 1.807) is 35.5 Å². The molecule has 0 amide bonds. The van der Waals surface area contributed by atoms with Gasteiger partial charge in [0.25, 0.3) is 0 Å². The van der Waals surface area contributed by atoms with E-state index in [1.165, 1.54) is 13.1 Å². The first-order chi connectivity index (χ1) is 15.0. The summed E-state index contributed by atoms with van der Waals surface area (Å²) in [5.74, 6) is 6.57. The molecule has 1 aromatic carbocycles. The zero-order valence-corrected chi connectivity index (χ0v) is 16.7. The van der Waals surface area contributed by atoms with E-state index in [1.807, 2.05) is 12.1 Å². The molecule has 9 nitrogen and oxygen atoms in total. The Balaban J connectivity index is 1.69. The van der Waals surface area contributed by atoms with Crippen LogP contribution >= 0.6 is 0 Å². The molecule has 2 atom stereocenters. The van der Waals surface area contributed by atoms with Crippen LogP contribution in [0.3, 0.4) is 0 Å². The molecule has 3 heterocycles. The number of aliphatic hydroxyl groups is 1. The zero-order valence-electron chi connectivity index (χ0n) is 16.7. The highest BCUT2D eigenvalue weighted by Crippen LogP contribution is 2.40. The summed E-state index contributed by atoms with van der Waals surface area (Å²) in [6.07, 6.45) is 3.94. The fourth-order valence-corrected chi connectivity index (χ4v) is 3.07. The fourth-order valence-electron chi connectivity index (χ4n) is 3.07. The summed E-state index contributed by atoms with van der Waals surface area (Å²) in [5, 5.41) is 13.8. The molecule has 10 heteroatoms. The second-order valence-corrected chi connectivity index (χ2v) is 6.83. The summed E-state index contributed by atoms with van der Waals surface area (Å²) in [4.78, 5) is 18.0. The Labute approximate surface area is 178 Å². The number of anilines is 4. The average Bonchev–Trinajstić information content (AvgIpc) is 3.14. The van der Waals surface area contributed by atoms with E-state index in [0.717, 1.165) is 5.69 Å². The van der Waals surface area contributed by atoms with Gasteiger partial charge in [0, 0.05) is 24.2 Å². The van der Waals surface area contributed by atoms with Crippen LogP contribution in [-0.4, -0.2) is 44.7 Å². The van der Waals surface area contributed by atoms with E-state index >= 15 is 0 Å². The number of fused-ring (bicyclic) bond motifs is 1. The minimum absolute atomic E-state index is 0.0880. The van der Waals surface area contributed by atoms with Gasteiger partial charge in [-0.05, 0) is 37.3 Å². The maximum absolute atomic E-state index is 12.7. The van der Waals surface area contributed by atoms with Crippen molar-refractivity contribution in [2.75, 3.05) is 29.2 Å². The van der Waals surface area contributed by atoms with Crippen molar-refractivity contribution in [2.45, 2.75) is 18.9 Å². The van der Waals surface area contributed by atoms with Crippen molar-refractivity contribution in [3.05, 3.63) is 60.3 Å². The number of halogens is 1. The third kappa shape index (κ3) is 4.37. The Bertz CT molecular complexity index is 1130. The monoisotopic (exact) mass is 421 g/mol. The highest BCUT2D eigenvalue weighted by molar-refractivity contribution is 5.82. The number of hydrogen-bond acceptors (Lipinski definition) is 9. The SMILES string of the molecule is CC(O)(C#Cc1ccc2c(c1)N(c1ccnc(N)n1)C(OCCF)N2)c1ncccn1. The number of alkyl halides is 1. The molecular weight excluding hydrogens is 401 g/mol. The minimum Gasteiger partial charge on any atom is -0.371 e. The van der Waals surface area contributed by atoms with E-state index < -0.39 is 18.6 Å². The van der Waals surface area contributed by atoms with Crippen LogP contribution in [0.4, 0.5) is 27.5 Å². The molecule has 4 rings (SSSR count). The van der Waals surface area contributed by atoms with Crippen molar-refractivity contribution in [3.63, 3.8) is 0 Å². The molecule has 31 heavy (non-hydrogen) atoms. The average molecular weight is 421 g/mol. The third-order valence-corrected chi connectivity index (χ3v) is 4.48. The van der Waals surface area contributed by atoms with Gasteiger partial charge in [0.1, 0.15) is 12.5 Å². The molecule has 4 N–H and O–H groups in total. The van der Waals surface area contributed by atoms with Gasteiger partial charge in [-0.2, -0.15) is 4.98 Å². The largest absolute Gasteiger partial charge is 0.371 e. The molecule has 0 aliphatic carbocycles. The van der Waals surface area contributed by atoms with E-state index in [9.17, 15) is 9.50 Å². The second-order valence-electron chi connectivity index (χ2n) is 6.83. The van der Waals surface area contributed by atoms with Gasteiger partial charge in [0.2, 0.25) is 12.3 Å². The van der Waals surface area contributed by atoms with Gasteiger partial charge in [0.05, 0.1) is 18.0 Å². The Morgan fingerprint density at radius 3 is 2.81 bits per heavy atom. The lowest BCUT2D eigenvalue weighted by Gasteiger charge is -2.25. The molecule has 1 aliphatic rings. The van der Waals surface area contributed by atoms with Crippen molar-refractivity contribution in [1.29, 1.82) is 0 Å². The maximum Gasteiger partial charge on any atom is 0.221 e. The fraction of sp³-hybridized carbons (Fsp3) is 0.238. The van der Waals surface area contributed by atoms with Crippen LogP contribution in [0.5, 0.6) is 0 Å². The summed E-state index contributed by atoms with van der Waals surface area (Å²) in [6.45, 7) is 0.817.